The van der Waals surface area contributed by atoms with Crippen LogP contribution in [0.4, 0.5) is 10.1 Å². The fraction of sp³-hybridized carbons (Fsp3) is 0.391. The van der Waals surface area contributed by atoms with Crippen LogP contribution in [-0.2, 0) is 17.8 Å². The molecular weight excluding hydrogens is 369 g/mol. The molecule has 152 valence electrons. The summed E-state index contributed by atoms with van der Waals surface area (Å²) in [6.45, 7) is 4.36. The molecule has 0 radical (unpaired) electrons. The second-order valence-electron chi connectivity index (χ2n) is 7.94. The van der Waals surface area contributed by atoms with E-state index in [0.29, 0.717) is 43.6 Å². The zero-order chi connectivity index (χ0) is 20.4. The summed E-state index contributed by atoms with van der Waals surface area (Å²) < 4.78 is 14.8. The Balaban J connectivity index is 1.44. The summed E-state index contributed by atoms with van der Waals surface area (Å²) in [5.74, 6) is -0.954. The molecule has 0 aliphatic carbocycles. The number of anilines is 1. The van der Waals surface area contributed by atoms with Gasteiger partial charge in [-0.1, -0.05) is 23.8 Å². The van der Waals surface area contributed by atoms with Crippen molar-refractivity contribution in [2.75, 3.05) is 25.0 Å². The van der Waals surface area contributed by atoms with Crippen LogP contribution >= 0.6 is 0 Å². The van der Waals surface area contributed by atoms with Crippen molar-refractivity contribution in [1.82, 2.24) is 10.2 Å². The first-order chi connectivity index (χ1) is 14.0. The van der Waals surface area contributed by atoms with Crippen molar-refractivity contribution in [3.63, 3.8) is 0 Å². The first kappa shape index (κ1) is 19.6. The molecule has 4 rings (SSSR count). The van der Waals surface area contributed by atoms with Crippen LogP contribution in [0, 0.1) is 18.7 Å². The highest BCUT2D eigenvalue weighted by Gasteiger charge is 2.29. The molecule has 0 bridgehead atoms. The molecule has 5 nitrogen and oxygen atoms in total. The van der Waals surface area contributed by atoms with E-state index in [1.807, 2.05) is 37.3 Å². The van der Waals surface area contributed by atoms with Crippen molar-refractivity contribution in [3.8, 4) is 0 Å². The number of piperidine rings is 1. The fourth-order valence-electron chi connectivity index (χ4n) is 4.12. The summed E-state index contributed by atoms with van der Waals surface area (Å²) in [7, 11) is 0. The van der Waals surface area contributed by atoms with Gasteiger partial charge in [0.05, 0.1) is 11.6 Å². The quantitative estimate of drug-likeness (QED) is 0.839. The number of carbonyl (C=O) groups is 2. The Kier molecular flexibility index (Phi) is 5.62. The molecule has 1 unspecified atom stereocenters. The van der Waals surface area contributed by atoms with Crippen molar-refractivity contribution in [1.29, 1.82) is 0 Å². The minimum atomic E-state index is -0.338. The van der Waals surface area contributed by atoms with Crippen LogP contribution in [0.3, 0.4) is 0 Å². The number of benzene rings is 2. The molecule has 2 heterocycles. The Morgan fingerprint density at radius 3 is 2.76 bits per heavy atom. The Bertz CT molecular complexity index is 926. The lowest BCUT2D eigenvalue weighted by Crippen LogP contribution is -2.43. The lowest BCUT2D eigenvalue weighted by atomic mass is 9.95. The Labute approximate surface area is 170 Å². The second kappa shape index (κ2) is 8.33. The predicted octanol–water partition coefficient (Wildman–Crippen LogP) is 3.27. The van der Waals surface area contributed by atoms with Gasteiger partial charge in [-0.05, 0) is 62.1 Å². The van der Waals surface area contributed by atoms with Gasteiger partial charge in [-0.15, -0.1) is 0 Å². The summed E-state index contributed by atoms with van der Waals surface area (Å²) >= 11 is 0. The van der Waals surface area contributed by atoms with Gasteiger partial charge in [-0.2, -0.15) is 0 Å². The van der Waals surface area contributed by atoms with Gasteiger partial charge in [0.2, 0.25) is 5.91 Å². The van der Waals surface area contributed by atoms with Crippen molar-refractivity contribution in [2.45, 2.75) is 32.7 Å². The van der Waals surface area contributed by atoms with E-state index in [2.05, 4.69) is 10.6 Å². The van der Waals surface area contributed by atoms with E-state index in [1.54, 1.807) is 11.0 Å². The third kappa shape index (κ3) is 4.17. The molecule has 0 aromatic heterocycles. The zero-order valence-electron chi connectivity index (χ0n) is 16.6. The number of rotatable bonds is 3. The second-order valence-corrected chi connectivity index (χ2v) is 7.94. The van der Waals surface area contributed by atoms with Gasteiger partial charge < -0.3 is 15.5 Å². The maximum atomic E-state index is 14.8. The maximum absolute atomic E-state index is 14.8. The molecule has 1 saturated heterocycles. The third-order valence-electron chi connectivity index (χ3n) is 5.84. The molecule has 2 amide bonds. The van der Waals surface area contributed by atoms with Gasteiger partial charge in [0.15, 0.2) is 0 Å². The van der Waals surface area contributed by atoms with Gasteiger partial charge in [0, 0.05) is 25.2 Å². The van der Waals surface area contributed by atoms with Gasteiger partial charge in [0.1, 0.15) is 5.82 Å². The van der Waals surface area contributed by atoms with Crippen molar-refractivity contribution in [3.05, 3.63) is 64.5 Å². The zero-order valence-corrected chi connectivity index (χ0v) is 16.6. The Morgan fingerprint density at radius 2 is 1.97 bits per heavy atom. The summed E-state index contributed by atoms with van der Waals surface area (Å²) in [6.07, 6.45) is 2.07. The Hall–Kier alpha value is -2.73. The van der Waals surface area contributed by atoms with Gasteiger partial charge >= 0.3 is 0 Å². The molecule has 2 aromatic carbocycles. The molecule has 2 N–H and O–H groups in total. The van der Waals surface area contributed by atoms with Crippen LogP contribution in [0.1, 0.15) is 39.9 Å². The van der Waals surface area contributed by atoms with Crippen LogP contribution in [0.2, 0.25) is 0 Å². The standard InChI is InChI=1S/C23H26FN3O2/c1-15-4-6-16(7-5-15)23(29)27-12-2-3-18(14-27)22(28)26-20-9-8-17-13-25-11-10-19(17)21(20)24/h4-9,18,25H,2-3,10-14H2,1H3,(H,26,28). The number of amides is 2. The van der Waals surface area contributed by atoms with Crippen molar-refractivity contribution < 1.29 is 14.0 Å². The van der Waals surface area contributed by atoms with Crippen LogP contribution in [0.5, 0.6) is 0 Å². The first-order valence-corrected chi connectivity index (χ1v) is 10.2. The number of hydrogen-bond donors (Lipinski definition) is 2. The normalized spacial score (nSPS) is 18.8. The smallest absolute Gasteiger partial charge is 0.253 e. The van der Waals surface area contributed by atoms with Crippen molar-refractivity contribution >= 4 is 17.5 Å². The minimum Gasteiger partial charge on any atom is -0.338 e. The van der Waals surface area contributed by atoms with E-state index >= 15 is 0 Å². The highest BCUT2D eigenvalue weighted by molar-refractivity contribution is 5.96. The van der Waals surface area contributed by atoms with E-state index in [9.17, 15) is 14.0 Å². The third-order valence-corrected chi connectivity index (χ3v) is 5.84. The van der Waals surface area contributed by atoms with Crippen LogP contribution < -0.4 is 10.6 Å². The number of carbonyl (C=O) groups excluding carboxylic acids is 2. The molecule has 0 saturated carbocycles. The Morgan fingerprint density at radius 1 is 1.17 bits per heavy atom. The van der Waals surface area contributed by atoms with E-state index in [-0.39, 0.29) is 29.2 Å². The molecule has 6 heteroatoms. The molecule has 2 aliphatic heterocycles. The number of fused-ring (bicyclic) bond motifs is 1. The maximum Gasteiger partial charge on any atom is 0.253 e. The monoisotopic (exact) mass is 395 g/mol. The van der Waals surface area contributed by atoms with Crippen molar-refractivity contribution in [2.24, 2.45) is 5.92 Å². The van der Waals surface area contributed by atoms with Gasteiger partial charge in [-0.25, -0.2) is 4.39 Å². The number of halogens is 1. The number of nitrogens with zero attached hydrogens (tertiary/aromatic N) is 1. The first-order valence-electron chi connectivity index (χ1n) is 10.2. The van der Waals surface area contributed by atoms with E-state index in [4.69, 9.17) is 0 Å². The topological polar surface area (TPSA) is 61.4 Å². The average molecular weight is 395 g/mol. The number of nitrogens with one attached hydrogen (secondary N) is 2. The van der Waals surface area contributed by atoms with Crippen LogP contribution in [-0.4, -0.2) is 36.3 Å². The van der Waals surface area contributed by atoms with Gasteiger partial charge in [-0.3, -0.25) is 9.59 Å². The highest BCUT2D eigenvalue weighted by Crippen LogP contribution is 2.26. The SMILES string of the molecule is Cc1ccc(C(=O)N2CCCC(C(=O)Nc3ccc4c(c3F)CCNC4)C2)cc1. The summed E-state index contributed by atoms with van der Waals surface area (Å²) in [5.41, 5.74) is 3.59. The summed E-state index contributed by atoms with van der Waals surface area (Å²) in [6, 6.07) is 11.0. The molecular formula is C23H26FN3O2. The largest absolute Gasteiger partial charge is 0.338 e. The predicted molar refractivity (Wildman–Crippen MR) is 110 cm³/mol. The van der Waals surface area contributed by atoms with Crippen LogP contribution in [0.25, 0.3) is 0 Å². The molecule has 29 heavy (non-hydrogen) atoms. The number of likely N-dealkylation sites (tertiary alicyclic amines) is 1. The summed E-state index contributed by atoms with van der Waals surface area (Å²) in [4.78, 5) is 27.3. The molecule has 0 spiro atoms. The lowest BCUT2D eigenvalue weighted by Gasteiger charge is -2.32. The number of aryl methyl sites for hydroxylation is 1. The number of hydrogen-bond acceptors (Lipinski definition) is 3. The average Bonchev–Trinajstić information content (AvgIpc) is 2.76. The van der Waals surface area contributed by atoms with Crippen LogP contribution in [0.15, 0.2) is 36.4 Å². The van der Waals surface area contributed by atoms with E-state index < -0.39 is 0 Å². The lowest BCUT2D eigenvalue weighted by molar-refractivity contribution is -0.121. The molecule has 2 aromatic rings. The van der Waals surface area contributed by atoms with E-state index in [1.165, 1.54) is 0 Å². The van der Waals surface area contributed by atoms with E-state index in [0.717, 1.165) is 24.1 Å². The molecule has 1 atom stereocenters. The highest BCUT2D eigenvalue weighted by atomic mass is 19.1. The fourth-order valence-corrected chi connectivity index (χ4v) is 4.12. The minimum absolute atomic E-state index is 0.0602. The molecule has 1 fully saturated rings. The summed E-state index contributed by atoms with van der Waals surface area (Å²) in [5, 5.41) is 5.99. The molecule has 2 aliphatic rings. The van der Waals surface area contributed by atoms with Gasteiger partial charge in [0.25, 0.3) is 5.91 Å².